The number of carbonyl (C=O) groups is 1. The maximum absolute atomic E-state index is 14.6. The molecule has 0 aliphatic heterocycles. The van der Waals surface area contributed by atoms with Crippen LogP contribution >= 0.6 is 0 Å². The number of rotatable bonds is 6. The SMILES string of the molecule is Cc1nn(Cc2ccccc2)c(C)c1NC(=O)c1cc2nc(-c3ccc(F)cc3)cc(C(F)(F)C(F)(F)F)n2n1. The second kappa shape index (κ2) is 9.81. The number of benzene rings is 2. The van der Waals surface area contributed by atoms with Gasteiger partial charge in [0.2, 0.25) is 0 Å². The molecule has 13 heteroatoms. The van der Waals surface area contributed by atoms with Crippen molar-refractivity contribution in [2.75, 3.05) is 5.32 Å². The molecule has 5 rings (SSSR count). The number of fused-ring (bicyclic) bond motifs is 1. The lowest BCUT2D eigenvalue weighted by atomic mass is 10.1. The number of amides is 1. The fourth-order valence-electron chi connectivity index (χ4n) is 4.19. The van der Waals surface area contributed by atoms with Gasteiger partial charge in [0.15, 0.2) is 11.3 Å². The van der Waals surface area contributed by atoms with Crippen LogP contribution in [0.3, 0.4) is 0 Å². The van der Waals surface area contributed by atoms with E-state index < -0.39 is 40.9 Å². The van der Waals surface area contributed by atoms with E-state index in [2.05, 4.69) is 20.5 Å². The Bertz CT molecular complexity index is 1710. The maximum atomic E-state index is 14.6. The van der Waals surface area contributed by atoms with Crippen LogP contribution in [-0.2, 0) is 12.5 Å². The molecule has 206 valence electrons. The fraction of sp³-hybridized carbons (Fsp3) is 0.185. The summed E-state index contributed by atoms with van der Waals surface area (Å²) in [6.07, 6.45) is -5.96. The molecule has 0 atom stereocenters. The molecule has 5 aromatic rings. The van der Waals surface area contributed by atoms with E-state index in [0.29, 0.717) is 29.7 Å². The zero-order chi connectivity index (χ0) is 28.8. The number of hydrogen-bond donors (Lipinski definition) is 1. The molecule has 1 N–H and O–H groups in total. The van der Waals surface area contributed by atoms with Gasteiger partial charge in [0.05, 0.1) is 29.3 Å². The smallest absolute Gasteiger partial charge is 0.317 e. The predicted octanol–water partition coefficient (Wildman–Crippen LogP) is 6.30. The van der Waals surface area contributed by atoms with E-state index in [0.717, 1.165) is 23.8 Å². The number of halogens is 6. The summed E-state index contributed by atoms with van der Waals surface area (Å²) in [5.41, 5.74) is -0.250. The zero-order valence-corrected chi connectivity index (χ0v) is 21.0. The van der Waals surface area contributed by atoms with Crippen molar-refractivity contribution in [3.05, 3.63) is 101 Å². The van der Waals surface area contributed by atoms with Gasteiger partial charge in [-0.1, -0.05) is 30.3 Å². The monoisotopic (exact) mass is 558 g/mol. The van der Waals surface area contributed by atoms with Crippen molar-refractivity contribution in [3.8, 4) is 11.3 Å². The van der Waals surface area contributed by atoms with Gasteiger partial charge < -0.3 is 5.32 Å². The first-order valence-electron chi connectivity index (χ1n) is 11.9. The molecule has 0 aliphatic rings. The summed E-state index contributed by atoms with van der Waals surface area (Å²) in [7, 11) is 0. The molecule has 0 unspecified atom stereocenters. The van der Waals surface area contributed by atoms with E-state index in [1.807, 2.05) is 30.3 Å². The number of hydrogen-bond acceptors (Lipinski definition) is 4. The first-order chi connectivity index (χ1) is 18.8. The van der Waals surface area contributed by atoms with Crippen LogP contribution in [0.15, 0.2) is 66.7 Å². The van der Waals surface area contributed by atoms with Crippen LogP contribution < -0.4 is 5.32 Å². The van der Waals surface area contributed by atoms with Crippen LogP contribution in [0.4, 0.5) is 32.0 Å². The number of carbonyl (C=O) groups excluding carboxylic acids is 1. The molecule has 2 aromatic carbocycles. The summed E-state index contributed by atoms with van der Waals surface area (Å²) >= 11 is 0. The summed E-state index contributed by atoms with van der Waals surface area (Å²) in [4.78, 5) is 17.2. The summed E-state index contributed by atoms with van der Waals surface area (Å²) in [6.45, 7) is 3.80. The third-order valence-electron chi connectivity index (χ3n) is 6.27. The van der Waals surface area contributed by atoms with E-state index in [9.17, 15) is 31.1 Å². The lowest BCUT2D eigenvalue weighted by Crippen LogP contribution is -2.36. The molecule has 0 spiro atoms. The second-order valence-corrected chi connectivity index (χ2v) is 9.05. The Balaban J connectivity index is 1.54. The Morgan fingerprint density at radius 2 is 1.60 bits per heavy atom. The number of nitrogens with zero attached hydrogens (tertiary/aromatic N) is 5. The molecule has 40 heavy (non-hydrogen) atoms. The Labute approximate surface area is 223 Å². The van der Waals surface area contributed by atoms with Gasteiger partial charge in [-0.05, 0) is 49.7 Å². The standard InChI is InChI=1S/C27H20F6N6O/c1-15-24(16(2)38(36-15)14-17-6-4-3-5-7-17)35-25(40)21-13-23-34-20(18-8-10-19(28)11-9-18)12-22(39(23)37-21)26(29,30)27(31,32)33/h3-13H,14H2,1-2H3,(H,35,40). The number of aryl methyl sites for hydroxylation is 1. The molecule has 0 saturated carbocycles. The van der Waals surface area contributed by atoms with Gasteiger partial charge >= 0.3 is 12.1 Å². The van der Waals surface area contributed by atoms with Crippen molar-refractivity contribution in [3.63, 3.8) is 0 Å². The normalized spacial score (nSPS) is 12.2. The molecule has 3 heterocycles. The highest BCUT2D eigenvalue weighted by molar-refractivity contribution is 6.04. The van der Waals surface area contributed by atoms with E-state index in [4.69, 9.17) is 0 Å². The Kier molecular flexibility index (Phi) is 6.60. The van der Waals surface area contributed by atoms with Crippen LogP contribution in [-0.4, -0.2) is 36.5 Å². The Morgan fingerprint density at radius 1 is 0.925 bits per heavy atom. The molecule has 3 aromatic heterocycles. The van der Waals surface area contributed by atoms with Crippen molar-refractivity contribution in [2.45, 2.75) is 32.5 Å². The minimum absolute atomic E-state index is 0.0902. The van der Waals surface area contributed by atoms with Crippen molar-refractivity contribution in [1.29, 1.82) is 0 Å². The van der Waals surface area contributed by atoms with Gasteiger partial charge in [0.1, 0.15) is 11.5 Å². The van der Waals surface area contributed by atoms with Gasteiger partial charge in [0, 0.05) is 11.6 Å². The van der Waals surface area contributed by atoms with Gasteiger partial charge in [-0.15, -0.1) is 0 Å². The molecular formula is C27H20F6N6O. The summed E-state index contributed by atoms with van der Waals surface area (Å²) in [5.74, 6) is -6.83. The molecular weight excluding hydrogens is 538 g/mol. The zero-order valence-electron chi connectivity index (χ0n) is 21.0. The quantitative estimate of drug-likeness (QED) is 0.248. The maximum Gasteiger partial charge on any atom is 0.459 e. The van der Waals surface area contributed by atoms with Gasteiger partial charge in [-0.3, -0.25) is 9.48 Å². The molecule has 0 aliphatic carbocycles. The summed E-state index contributed by atoms with van der Waals surface area (Å²) in [5, 5.41) is 10.8. The lowest BCUT2D eigenvalue weighted by molar-refractivity contribution is -0.291. The number of anilines is 1. The first-order valence-corrected chi connectivity index (χ1v) is 11.9. The van der Waals surface area contributed by atoms with Crippen molar-refractivity contribution in [1.82, 2.24) is 24.4 Å². The fourth-order valence-corrected chi connectivity index (χ4v) is 4.19. The molecule has 0 saturated heterocycles. The number of nitrogens with one attached hydrogen (secondary N) is 1. The molecule has 0 fully saturated rings. The van der Waals surface area contributed by atoms with Crippen molar-refractivity contribution < 1.29 is 31.1 Å². The van der Waals surface area contributed by atoms with Crippen molar-refractivity contribution >= 4 is 17.2 Å². The number of aromatic nitrogens is 5. The molecule has 0 bridgehead atoms. The Morgan fingerprint density at radius 3 is 2.25 bits per heavy atom. The third-order valence-corrected chi connectivity index (χ3v) is 6.27. The summed E-state index contributed by atoms with van der Waals surface area (Å²) < 4.78 is 84.7. The van der Waals surface area contributed by atoms with Crippen LogP contribution in [0.5, 0.6) is 0 Å². The molecule has 1 amide bonds. The van der Waals surface area contributed by atoms with Crippen LogP contribution in [0, 0.1) is 19.7 Å². The van der Waals surface area contributed by atoms with Crippen molar-refractivity contribution in [2.24, 2.45) is 0 Å². The average Bonchev–Trinajstić information content (AvgIpc) is 3.45. The minimum Gasteiger partial charge on any atom is -0.317 e. The van der Waals surface area contributed by atoms with E-state index in [1.54, 1.807) is 18.5 Å². The highest BCUT2D eigenvalue weighted by Gasteiger charge is 2.60. The van der Waals surface area contributed by atoms with Gasteiger partial charge in [-0.25, -0.2) is 13.9 Å². The van der Waals surface area contributed by atoms with E-state index >= 15 is 0 Å². The van der Waals surface area contributed by atoms with Gasteiger partial charge in [0.25, 0.3) is 5.91 Å². The van der Waals surface area contributed by atoms with Crippen LogP contribution in [0.25, 0.3) is 16.9 Å². The summed E-state index contributed by atoms with van der Waals surface area (Å²) in [6, 6.07) is 15.4. The average molecular weight is 558 g/mol. The highest BCUT2D eigenvalue weighted by atomic mass is 19.4. The van der Waals surface area contributed by atoms with Crippen LogP contribution in [0.1, 0.15) is 33.1 Å². The topological polar surface area (TPSA) is 77.1 Å². The lowest BCUT2D eigenvalue weighted by Gasteiger charge is -2.21. The number of alkyl halides is 5. The van der Waals surface area contributed by atoms with E-state index in [1.165, 1.54) is 12.1 Å². The largest absolute Gasteiger partial charge is 0.459 e. The first kappa shape index (κ1) is 26.9. The molecule has 0 radical (unpaired) electrons. The second-order valence-electron chi connectivity index (χ2n) is 9.05. The Hall–Kier alpha value is -4.68. The van der Waals surface area contributed by atoms with Crippen LogP contribution in [0.2, 0.25) is 0 Å². The minimum atomic E-state index is -5.96. The predicted molar refractivity (Wildman–Crippen MR) is 134 cm³/mol. The highest BCUT2D eigenvalue weighted by Crippen LogP contribution is 2.44. The molecule has 7 nitrogen and oxygen atoms in total. The van der Waals surface area contributed by atoms with E-state index in [-0.39, 0.29) is 15.8 Å². The van der Waals surface area contributed by atoms with Gasteiger partial charge in [-0.2, -0.15) is 32.1 Å². The third kappa shape index (κ3) is 4.90.